The molecule has 0 aliphatic carbocycles. The fraction of sp³-hybridized carbons (Fsp3) is 0.0870. The van der Waals surface area contributed by atoms with Gasteiger partial charge in [0.1, 0.15) is 11.5 Å². The normalized spacial score (nSPS) is 11.8. The molecule has 0 aliphatic heterocycles. The van der Waals surface area contributed by atoms with Crippen molar-refractivity contribution in [1.82, 2.24) is 20.5 Å². The first kappa shape index (κ1) is 20.2. The van der Waals surface area contributed by atoms with Gasteiger partial charge in [0.05, 0.1) is 17.3 Å². The zero-order valence-corrected chi connectivity index (χ0v) is 18.2. The number of carbonyl (C=O) groups excluding carboxylic acids is 1. The van der Waals surface area contributed by atoms with E-state index in [4.69, 9.17) is 0 Å². The van der Waals surface area contributed by atoms with Crippen molar-refractivity contribution in [3.63, 3.8) is 0 Å². The third kappa shape index (κ3) is 4.11. The first-order chi connectivity index (χ1) is 14.5. The number of hydrogen-bond acceptors (Lipinski definition) is 3. The van der Waals surface area contributed by atoms with Crippen molar-refractivity contribution in [1.29, 1.82) is 0 Å². The van der Waals surface area contributed by atoms with Crippen molar-refractivity contribution in [2.24, 2.45) is 0 Å². The van der Waals surface area contributed by atoms with Crippen LogP contribution in [0.1, 0.15) is 29.0 Å². The zero-order valence-electron chi connectivity index (χ0n) is 16.1. The summed E-state index contributed by atoms with van der Waals surface area (Å²) in [4.78, 5) is 16.9. The van der Waals surface area contributed by atoms with Crippen LogP contribution in [0.3, 0.4) is 0 Å². The van der Waals surface area contributed by atoms with E-state index in [1.54, 1.807) is 30.6 Å². The van der Waals surface area contributed by atoms with E-state index >= 15 is 0 Å². The fourth-order valence-corrected chi connectivity index (χ4v) is 3.92. The number of amides is 1. The highest BCUT2D eigenvalue weighted by Crippen LogP contribution is 2.35. The third-order valence-electron chi connectivity index (χ3n) is 4.78. The summed E-state index contributed by atoms with van der Waals surface area (Å²) in [6.07, 6.45) is 3.41. The lowest BCUT2D eigenvalue weighted by molar-refractivity contribution is 0.0938. The van der Waals surface area contributed by atoms with E-state index < -0.39 is 0 Å². The van der Waals surface area contributed by atoms with Crippen molar-refractivity contribution < 1.29 is 9.18 Å². The molecule has 1 atom stereocenters. The number of aromatic nitrogens is 3. The van der Waals surface area contributed by atoms with E-state index in [9.17, 15) is 9.18 Å². The van der Waals surface area contributed by atoms with Gasteiger partial charge in [0.2, 0.25) is 0 Å². The second kappa shape index (κ2) is 8.74. The van der Waals surface area contributed by atoms with Gasteiger partial charge in [-0.05, 0) is 83.6 Å². The minimum absolute atomic E-state index is 0.161. The Labute approximate surface area is 186 Å². The standard InChI is InChI=1S/C23H18FIN4O/c1-14(27-23(30)18-4-2-3-5-19(18)25)21-20(15-10-12-26-13-11-15)22(29-28-21)16-6-8-17(24)9-7-16/h2-14H,1H3,(H,27,30)(H,28,29). The predicted octanol–water partition coefficient (Wildman–Crippen LogP) is 5.37. The molecule has 4 rings (SSSR count). The quantitative estimate of drug-likeness (QED) is 0.353. The zero-order chi connectivity index (χ0) is 21.1. The Hall–Kier alpha value is -3.07. The van der Waals surface area contributed by atoms with Crippen LogP contribution in [0, 0.1) is 9.39 Å². The minimum Gasteiger partial charge on any atom is -0.344 e. The number of nitrogens with zero attached hydrogens (tertiary/aromatic N) is 2. The summed E-state index contributed by atoms with van der Waals surface area (Å²) in [5.74, 6) is -0.468. The molecule has 150 valence electrons. The van der Waals surface area contributed by atoms with Gasteiger partial charge in [-0.2, -0.15) is 5.10 Å². The molecule has 1 unspecified atom stereocenters. The molecule has 5 nitrogen and oxygen atoms in total. The number of benzene rings is 2. The van der Waals surface area contributed by atoms with Crippen LogP contribution in [0.15, 0.2) is 73.1 Å². The Balaban J connectivity index is 1.73. The number of halogens is 2. The summed E-state index contributed by atoms with van der Waals surface area (Å²) >= 11 is 2.15. The lowest BCUT2D eigenvalue weighted by atomic mass is 9.97. The number of carbonyl (C=O) groups is 1. The molecule has 4 aromatic rings. The lowest BCUT2D eigenvalue weighted by Gasteiger charge is -2.16. The second-order valence-corrected chi connectivity index (χ2v) is 7.94. The molecule has 0 saturated carbocycles. The smallest absolute Gasteiger partial charge is 0.252 e. The Bertz CT molecular complexity index is 1180. The van der Waals surface area contributed by atoms with E-state index in [2.05, 4.69) is 43.1 Å². The van der Waals surface area contributed by atoms with Gasteiger partial charge in [-0.1, -0.05) is 12.1 Å². The van der Waals surface area contributed by atoms with E-state index in [0.29, 0.717) is 11.3 Å². The molecule has 0 bridgehead atoms. The van der Waals surface area contributed by atoms with Crippen LogP contribution >= 0.6 is 22.6 Å². The van der Waals surface area contributed by atoms with Gasteiger partial charge in [0.15, 0.2) is 0 Å². The van der Waals surface area contributed by atoms with Crippen LogP contribution in [0.25, 0.3) is 22.4 Å². The number of rotatable bonds is 5. The Morgan fingerprint density at radius 2 is 1.73 bits per heavy atom. The van der Waals surface area contributed by atoms with Crippen LogP contribution in [0.5, 0.6) is 0 Å². The highest BCUT2D eigenvalue weighted by Gasteiger charge is 2.23. The first-order valence-electron chi connectivity index (χ1n) is 9.34. The topological polar surface area (TPSA) is 70.7 Å². The van der Waals surface area contributed by atoms with Gasteiger partial charge < -0.3 is 5.32 Å². The monoisotopic (exact) mass is 512 g/mol. The molecule has 2 aromatic heterocycles. The summed E-state index contributed by atoms with van der Waals surface area (Å²) in [7, 11) is 0. The van der Waals surface area contributed by atoms with Crippen molar-refractivity contribution in [3.05, 3.63) is 93.7 Å². The molecular weight excluding hydrogens is 494 g/mol. The van der Waals surface area contributed by atoms with E-state index in [1.807, 2.05) is 37.3 Å². The highest BCUT2D eigenvalue weighted by atomic mass is 127. The van der Waals surface area contributed by atoms with Gasteiger partial charge in [0, 0.05) is 27.1 Å². The van der Waals surface area contributed by atoms with Gasteiger partial charge in [0.25, 0.3) is 5.91 Å². The largest absolute Gasteiger partial charge is 0.344 e. The van der Waals surface area contributed by atoms with Crippen LogP contribution in [0.2, 0.25) is 0 Å². The minimum atomic E-state index is -0.335. The summed E-state index contributed by atoms with van der Waals surface area (Å²) in [5, 5.41) is 10.6. The maximum Gasteiger partial charge on any atom is 0.252 e. The highest BCUT2D eigenvalue weighted by molar-refractivity contribution is 14.1. The second-order valence-electron chi connectivity index (χ2n) is 6.78. The maximum atomic E-state index is 13.4. The van der Waals surface area contributed by atoms with Crippen LogP contribution in [-0.2, 0) is 0 Å². The van der Waals surface area contributed by atoms with Crippen molar-refractivity contribution in [2.75, 3.05) is 0 Å². The van der Waals surface area contributed by atoms with Crippen molar-refractivity contribution >= 4 is 28.5 Å². The Morgan fingerprint density at radius 1 is 1.03 bits per heavy atom. The van der Waals surface area contributed by atoms with Gasteiger partial charge in [-0.25, -0.2) is 4.39 Å². The molecule has 2 N–H and O–H groups in total. The van der Waals surface area contributed by atoms with Crippen LogP contribution < -0.4 is 5.32 Å². The molecule has 2 aromatic carbocycles. The predicted molar refractivity (Wildman–Crippen MR) is 122 cm³/mol. The number of H-pyrrole nitrogens is 1. The van der Waals surface area contributed by atoms with E-state index in [0.717, 1.165) is 26.0 Å². The number of nitrogens with one attached hydrogen (secondary N) is 2. The molecule has 2 heterocycles. The molecule has 0 radical (unpaired) electrons. The molecule has 0 aliphatic rings. The summed E-state index contributed by atoms with van der Waals surface area (Å²) in [5.41, 5.74) is 4.60. The molecule has 0 spiro atoms. The van der Waals surface area contributed by atoms with Crippen molar-refractivity contribution in [3.8, 4) is 22.4 Å². The Morgan fingerprint density at radius 3 is 2.43 bits per heavy atom. The molecule has 30 heavy (non-hydrogen) atoms. The Kier molecular flexibility index (Phi) is 5.89. The van der Waals surface area contributed by atoms with Gasteiger partial charge in [-0.15, -0.1) is 0 Å². The third-order valence-corrected chi connectivity index (χ3v) is 5.72. The lowest BCUT2D eigenvalue weighted by Crippen LogP contribution is -2.27. The van der Waals surface area contributed by atoms with Gasteiger partial charge in [-0.3, -0.25) is 14.9 Å². The molecule has 0 saturated heterocycles. The molecule has 7 heteroatoms. The first-order valence-corrected chi connectivity index (χ1v) is 10.4. The van der Waals surface area contributed by atoms with E-state index in [-0.39, 0.29) is 17.8 Å². The van der Waals surface area contributed by atoms with Crippen LogP contribution in [0.4, 0.5) is 4.39 Å². The van der Waals surface area contributed by atoms with Crippen molar-refractivity contribution in [2.45, 2.75) is 13.0 Å². The number of aromatic amines is 1. The molecule has 0 fully saturated rings. The fourth-order valence-electron chi connectivity index (χ4n) is 3.29. The van der Waals surface area contributed by atoms with Crippen LogP contribution in [-0.4, -0.2) is 21.1 Å². The summed E-state index contributed by atoms with van der Waals surface area (Å²) < 4.78 is 14.3. The SMILES string of the molecule is CC(NC(=O)c1ccccc1I)c1[nH]nc(-c2ccc(F)cc2)c1-c1ccncc1. The molecular formula is C23H18FIN4O. The summed E-state index contributed by atoms with van der Waals surface area (Å²) in [6.45, 7) is 1.90. The number of hydrogen-bond donors (Lipinski definition) is 2. The average Bonchev–Trinajstić information content (AvgIpc) is 3.20. The van der Waals surface area contributed by atoms with Gasteiger partial charge >= 0.3 is 0 Å². The average molecular weight is 512 g/mol. The molecule has 1 amide bonds. The number of pyridine rings is 1. The maximum absolute atomic E-state index is 13.4. The van der Waals surface area contributed by atoms with E-state index in [1.165, 1.54) is 12.1 Å². The summed E-state index contributed by atoms with van der Waals surface area (Å²) in [6, 6.07) is 17.1.